The Morgan fingerprint density at radius 1 is 0.933 bits per heavy atom. The van der Waals surface area contributed by atoms with Crippen molar-refractivity contribution < 1.29 is 34.8 Å². The molecule has 0 aromatic heterocycles. The third kappa shape index (κ3) is 9.62. The van der Waals surface area contributed by atoms with Gasteiger partial charge in [0.25, 0.3) is 0 Å². The number of aliphatic hydroxyl groups excluding tert-OH is 2. The molecule has 3 unspecified atom stereocenters. The highest BCUT2D eigenvalue weighted by Gasteiger charge is 2.18. The largest absolute Gasteiger partial charge is 0.473 e. The van der Waals surface area contributed by atoms with Crippen LogP contribution in [0.5, 0.6) is 0 Å². The number of aliphatic hydroxyl groups is 2. The van der Waals surface area contributed by atoms with Gasteiger partial charge in [-0.3, -0.25) is 0 Å². The molecule has 0 heterocycles. The fraction of sp³-hybridized carbons (Fsp3) is 0.364. The first-order valence-electron chi connectivity index (χ1n) is 9.47. The Kier molecular flexibility index (Phi) is 11.3. The maximum atomic E-state index is 10.1. The molecule has 8 heteroatoms. The molecule has 0 amide bonds. The smallest absolute Gasteiger partial charge is 0.414 e. The summed E-state index contributed by atoms with van der Waals surface area (Å²) in [4.78, 5) is 18.2. The van der Waals surface area contributed by atoms with Crippen LogP contribution in [0.15, 0.2) is 54.6 Å². The number of aliphatic carboxylic acids is 2. The number of ether oxygens (including phenoxy) is 1. The Morgan fingerprint density at radius 3 is 2.03 bits per heavy atom. The lowest BCUT2D eigenvalue weighted by atomic mass is 9.97. The molecule has 0 aliphatic rings. The molecule has 0 saturated heterocycles. The number of carboxylic acids is 2. The van der Waals surface area contributed by atoms with Crippen molar-refractivity contribution in [3.05, 3.63) is 71.3 Å². The number of nitrogens with one attached hydrogen (secondary N) is 1. The molecule has 164 valence electrons. The zero-order valence-corrected chi connectivity index (χ0v) is 17.1. The normalized spacial score (nSPS) is 13.5. The van der Waals surface area contributed by atoms with E-state index in [9.17, 15) is 10.2 Å². The van der Waals surface area contributed by atoms with Crippen molar-refractivity contribution in [3.63, 3.8) is 0 Å². The number of benzene rings is 2. The van der Waals surface area contributed by atoms with Crippen molar-refractivity contribution in [2.75, 3.05) is 19.7 Å². The lowest BCUT2D eigenvalue weighted by Gasteiger charge is -2.23. The minimum absolute atomic E-state index is 0.209. The first-order chi connectivity index (χ1) is 14.2. The second-order valence-electron chi connectivity index (χ2n) is 6.75. The average molecular weight is 419 g/mol. The summed E-state index contributed by atoms with van der Waals surface area (Å²) in [5, 5.41) is 37.1. The highest BCUT2D eigenvalue weighted by molar-refractivity contribution is 6.27. The minimum Gasteiger partial charge on any atom is -0.473 e. The summed E-state index contributed by atoms with van der Waals surface area (Å²) in [7, 11) is 0. The zero-order chi connectivity index (χ0) is 22.5. The number of carbonyl (C=O) groups is 2. The Labute approximate surface area is 175 Å². The van der Waals surface area contributed by atoms with Crippen molar-refractivity contribution in [2.45, 2.75) is 32.2 Å². The van der Waals surface area contributed by atoms with Gasteiger partial charge in [-0.2, -0.15) is 0 Å². The molecule has 0 aliphatic carbocycles. The first-order valence-corrected chi connectivity index (χ1v) is 9.47. The van der Waals surface area contributed by atoms with Crippen molar-refractivity contribution in [1.82, 2.24) is 5.32 Å². The summed E-state index contributed by atoms with van der Waals surface area (Å²) in [5.74, 6) is -3.65. The fourth-order valence-corrected chi connectivity index (χ4v) is 2.60. The van der Waals surface area contributed by atoms with E-state index >= 15 is 0 Å². The quantitative estimate of drug-likeness (QED) is 0.387. The van der Waals surface area contributed by atoms with E-state index in [0.717, 1.165) is 16.7 Å². The average Bonchev–Trinajstić information content (AvgIpc) is 2.70. The molecule has 0 radical (unpaired) electrons. The van der Waals surface area contributed by atoms with Crippen molar-refractivity contribution in [2.24, 2.45) is 0 Å². The van der Waals surface area contributed by atoms with Crippen LogP contribution in [0.25, 0.3) is 0 Å². The number of hydrogen-bond acceptors (Lipinski definition) is 6. The van der Waals surface area contributed by atoms with Crippen LogP contribution in [-0.4, -0.2) is 64.3 Å². The van der Waals surface area contributed by atoms with Gasteiger partial charge in [0.2, 0.25) is 0 Å². The Hall–Kier alpha value is -2.78. The van der Waals surface area contributed by atoms with Gasteiger partial charge in [-0.25, -0.2) is 9.59 Å². The molecule has 2 aromatic rings. The van der Waals surface area contributed by atoms with Crippen LogP contribution in [0.4, 0.5) is 0 Å². The molecule has 0 aliphatic heterocycles. The second-order valence-corrected chi connectivity index (χ2v) is 6.75. The lowest BCUT2D eigenvalue weighted by molar-refractivity contribution is -0.159. The molecule has 0 bridgehead atoms. The van der Waals surface area contributed by atoms with Crippen molar-refractivity contribution in [3.8, 4) is 0 Å². The zero-order valence-electron chi connectivity index (χ0n) is 17.1. The molecular weight excluding hydrogens is 390 g/mol. The van der Waals surface area contributed by atoms with Crippen LogP contribution >= 0.6 is 0 Å². The monoisotopic (exact) mass is 419 g/mol. The predicted octanol–water partition coefficient (Wildman–Crippen LogP) is 1.59. The minimum atomic E-state index is -1.82. The highest BCUT2D eigenvalue weighted by atomic mass is 16.5. The van der Waals surface area contributed by atoms with Crippen molar-refractivity contribution >= 4 is 11.9 Å². The summed E-state index contributed by atoms with van der Waals surface area (Å²) in [6.07, 6.45) is -1.26. The number of carboxylic acid groups (broad SMARTS) is 2. The van der Waals surface area contributed by atoms with Crippen LogP contribution in [0.2, 0.25) is 0 Å². The van der Waals surface area contributed by atoms with Gasteiger partial charge in [0, 0.05) is 13.1 Å². The molecule has 3 atom stereocenters. The Morgan fingerprint density at radius 2 is 1.50 bits per heavy atom. The summed E-state index contributed by atoms with van der Waals surface area (Å²) in [6, 6.07) is 18.2. The number of hydrogen-bond donors (Lipinski definition) is 5. The van der Waals surface area contributed by atoms with Gasteiger partial charge in [0.15, 0.2) is 0 Å². The van der Waals surface area contributed by atoms with E-state index in [4.69, 9.17) is 24.5 Å². The van der Waals surface area contributed by atoms with E-state index in [-0.39, 0.29) is 12.7 Å². The fourth-order valence-electron chi connectivity index (χ4n) is 2.60. The standard InChI is InChI=1S/C20H27NO3.C2H2O4/c1-15-8-6-7-11-19(15)20(17-9-4-3-5-10-17)24-14-18(23)13-21-12-16(2)22;3-1(4)2(5)6/h3-11,16,18,20-23H,12-14H2,1-2H3;(H,3,4)(H,5,6). The summed E-state index contributed by atoms with van der Waals surface area (Å²) in [5.41, 5.74) is 3.33. The lowest BCUT2D eigenvalue weighted by Crippen LogP contribution is -2.34. The SMILES string of the molecule is Cc1ccccc1C(OCC(O)CNCC(C)O)c1ccccc1.O=C(O)C(=O)O. The topological polar surface area (TPSA) is 136 Å². The molecule has 2 rings (SSSR count). The molecular formula is C22H29NO7. The van der Waals surface area contributed by atoms with E-state index in [1.54, 1.807) is 6.92 Å². The van der Waals surface area contributed by atoms with Gasteiger partial charge in [0.1, 0.15) is 6.10 Å². The van der Waals surface area contributed by atoms with E-state index in [1.165, 1.54) is 0 Å². The Balaban J connectivity index is 0.000000656. The third-order valence-electron chi connectivity index (χ3n) is 4.03. The molecule has 8 nitrogen and oxygen atoms in total. The third-order valence-corrected chi connectivity index (χ3v) is 4.03. The number of rotatable bonds is 9. The van der Waals surface area contributed by atoms with E-state index in [1.807, 2.05) is 42.5 Å². The molecule has 5 N–H and O–H groups in total. The number of aryl methyl sites for hydroxylation is 1. The van der Waals surface area contributed by atoms with Crippen LogP contribution in [-0.2, 0) is 14.3 Å². The van der Waals surface area contributed by atoms with Gasteiger partial charge in [-0.05, 0) is 30.5 Å². The second kappa shape index (κ2) is 13.4. The van der Waals surface area contributed by atoms with E-state index in [0.29, 0.717) is 13.1 Å². The molecule has 0 saturated carbocycles. The summed E-state index contributed by atoms with van der Waals surface area (Å²) >= 11 is 0. The maximum absolute atomic E-state index is 10.1. The predicted molar refractivity (Wildman–Crippen MR) is 111 cm³/mol. The molecule has 0 fully saturated rings. The van der Waals surface area contributed by atoms with Gasteiger partial charge in [-0.15, -0.1) is 0 Å². The van der Waals surface area contributed by atoms with Gasteiger partial charge in [-0.1, -0.05) is 54.6 Å². The van der Waals surface area contributed by atoms with Crippen molar-refractivity contribution in [1.29, 1.82) is 0 Å². The molecule has 2 aromatic carbocycles. The van der Waals surface area contributed by atoms with Crippen LogP contribution in [0.3, 0.4) is 0 Å². The molecule has 30 heavy (non-hydrogen) atoms. The van der Waals surface area contributed by atoms with Crippen LogP contribution in [0.1, 0.15) is 29.7 Å². The van der Waals surface area contributed by atoms with Crippen LogP contribution < -0.4 is 5.32 Å². The van der Waals surface area contributed by atoms with Crippen LogP contribution in [0, 0.1) is 6.92 Å². The van der Waals surface area contributed by atoms with Gasteiger partial charge in [0.05, 0.1) is 18.8 Å². The Bertz CT molecular complexity index is 768. The van der Waals surface area contributed by atoms with E-state index < -0.39 is 24.1 Å². The maximum Gasteiger partial charge on any atom is 0.414 e. The van der Waals surface area contributed by atoms with Gasteiger partial charge < -0.3 is 30.5 Å². The molecule has 0 spiro atoms. The van der Waals surface area contributed by atoms with E-state index in [2.05, 4.69) is 24.4 Å². The van der Waals surface area contributed by atoms with Gasteiger partial charge >= 0.3 is 11.9 Å². The summed E-state index contributed by atoms with van der Waals surface area (Å²) < 4.78 is 6.06. The summed E-state index contributed by atoms with van der Waals surface area (Å²) in [6.45, 7) is 4.84. The first kappa shape index (κ1) is 25.3. The highest BCUT2D eigenvalue weighted by Crippen LogP contribution is 2.28.